The summed E-state index contributed by atoms with van der Waals surface area (Å²) in [5.74, 6) is -0.524. The molecule has 0 saturated carbocycles. The molecule has 0 unspecified atom stereocenters. The molecule has 3 rings (SSSR count). The fourth-order valence-electron chi connectivity index (χ4n) is 2.24. The molecule has 6 nitrogen and oxygen atoms in total. The van der Waals surface area contributed by atoms with Crippen LogP contribution < -0.4 is 5.43 Å². The predicted molar refractivity (Wildman–Crippen MR) is 103 cm³/mol. The average molecular weight is 403 g/mol. The quantitative estimate of drug-likeness (QED) is 0.477. The van der Waals surface area contributed by atoms with Gasteiger partial charge in [0, 0.05) is 10.6 Å². The lowest BCUT2D eigenvalue weighted by molar-refractivity contribution is 0.0696. The largest absolute Gasteiger partial charge is 0.478 e. The van der Waals surface area contributed by atoms with Crippen LogP contribution in [0.15, 0.2) is 64.1 Å². The van der Waals surface area contributed by atoms with E-state index in [2.05, 4.69) is 10.5 Å². The average Bonchev–Trinajstić information content (AvgIpc) is 3.10. The van der Waals surface area contributed by atoms with Crippen molar-refractivity contribution >= 4 is 41.3 Å². The van der Waals surface area contributed by atoms with Crippen molar-refractivity contribution in [2.45, 2.75) is 0 Å². The van der Waals surface area contributed by atoms with Gasteiger partial charge in [-0.05, 0) is 42.5 Å². The summed E-state index contributed by atoms with van der Waals surface area (Å²) in [5, 5.41) is 13.4. The van der Waals surface area contributed by atoms with Crippen molar-refractivity contribution in [3.8, 4) is 11.3 Å². The van der Waals surface area contributed by atoms with Gasteiger partial charge in [-0.25, -0.2) is 10.2 Å². The van der Waals surface area contributed by atoms with Crippen molar-refractivity contribution in [3.05, 3.63) is 81.5 Å². The molecule has 0 saturated heterocycles. The molecule has 136 valence electrons. The lowest BCUT2D eigenvalue weighted by Crippen LogP contribution is -2.17. The molecule has 1 amide bonds. The maximum atomic E-state index is 12.0. The van der Waals surface area contributed by atoms with E-state index < -0.39 is 11.9 Å². The highest BCUT2D eigenvalue weighted by Crippen LogP contribution is 2.22. The minimum Gasteiger partial charge on any atom is -0.478 e. The van der Waals surface area contributed by atoms with Crippen LogP contribution in [0.1, 0.15) is 26.5 Å². The Morgan fingerprint density at radius 3 is 2.44 bits per heavy atom. The van der Waals surface area contributed by atoms with Crippen LogP contribution in [0.25, 0.3) is 11.3 Å². The van der Waals surface area contributed by atoms with Crippen LogP contribution in [0.2, 0.25) is 10.0 Å². The molecule has 2 aromatic carbocycles. The second-order valence-electron chi connectivity index (χ2n) is 5.41. The van der Waals surface area contributed by atoms with E-state index in [-0.39, 0.29) is 16.1 Å². The van der Waals surface area contributed by atoms with Crippen molar-refractivity contribution in [2.24, 2.45) is 5.10 Å². The number of hydrogen-bond acceptors (Lipinski definition) is 4. The lowest BCUT2D eigenvalue weighted by Gasteiger charge is -2.02. The zero-order valence-electron chi connectivity index (χ0n) is 13.6. The number of carboxylic acid groups (broad SMARTS) is 1. The monoisotopic (exact) mass is 402 g/mol. The summed E-state index contributed by atoms with van der Waals surface area (Å²) in [7, 11) is 0. The van der Waals surface area contributed by atoms with Crippen molar-refractivity contribution in [3.63, 3.8) is 0 Å². The molecule has 0 aliphatic rings. The first kappa shape index (κ1) is 18.7. The Morgan fingerprint density at radius 2 is 1.78 bits per heavy atom. The van der Waals surface area contributed by atoms with Gasteiger partial charge in [-0.2, -0.15) is 5.10 Å². The maximum absolute atomic E-state index is 12.0. The highest BCUT2D eigenvalue weighted by Gasteiger charge is 2.10. The number of carbonyl (C=O) groups excluding carboxylic acids is 1. The van der Waals surface area contributed by atoms with Crippen LogP contribution in [-0.2, 0) is 0 Å². The molecule has 2 N–H and O–H groups in total. The third-order valence-electron chi connectivity index (χ3n) is 3.58. The topological polar surface area (TPSA) is 91.9 Å². The Hall–Kier alpha value is -3.09. The van der Waals surface area contributed by atoms with E-state index in [0.717, 1.165) is 5.56 Å². The molecule has 8 heteroatoms. The fraction of sp³-hybridized carbons (Fsp3) is 0. The summed E-state index contributed by atoms with van der Waals surface area (Å²) in [4.78, 5) is 22.9. The number of amides is 1. The van der Waals surface area contributed by atoms with Gasteiger partial charge in [0.25, 0.3) is 5.91 Å². The van der Waals surface area contributed by atoms with Gasteiger partial charge in [-0.1, -0.05) is 35.3 Å². The molecule has 0 radical (unpaired) electrons. The summed E-state index contributed by atoms with van der Waals surface area (Å²) < 4.78 is 5.61. The Bertz CT molecular complexity index is 1030. The zero-order chi connectivity index (χ0) is 19.4. The standard InChI is InChI=1S/C19H12Cl2N2O4/c20-13-5-7-15(16(21)9-13)18(24)23-22-10-14-6-8-17(27-14)11-1-3-12(4-2-11)19(25)26/h1-10H,(H,23,24)(H,25,26)/b22-10+. The number of halogens is 2. The number of carboxylic acids is 1. The molecule has 3 aromatic rings. The van der Waals surface area contributed by atoms with Crippen LogP contribution in [-0.4, -0.2) is 23.2 Å². The van der Waals surface area contributed by atoms with Crippen molar-refractivity contribution in [1.29, 1.82) is 0 Å². The Labute approximate surface area is 164 Å². The van der Waals surface area contributed by atoms with Gasteiger partial charge in [0.1, 0.15) is 11.5 Å². The van der Waals surface area contributed by atoms with Gasteiger partial charge < -0.3 is 9.52 Å². The normalized spacial score (nSPS) is 10.9. The molecule has 0 bridgehead atoms. The highest BCUT2D eigenvalue weighted by atomic mass is 35.5. The van der Waals surface area contributed by atoms with E-state index in [1.807, 2.05) is 0 Å². The second kappa shape index (κ2) is 8.07. The molecule has 27 heavy (non-hydrogen) atoms. The maximum Gasteiger partial charge on any atom is 0.335 e. The van der Waals surface area contributed by atoms with Gasteiger partial charge in [0.15, 0.2) is 0 Å². The first-order valence-electron chi connectivity index (χ1n) is 7.66. The van der Waals surface area contributed by atoms with E-state index in [4.69, 9.17) is 32.7 Å². The summed E-state index contributed by atoms with van der Waals surface area (Å²) in [6, 6.07) is 14.2. The fourth-order valence-corrected chi connectivity index (χ4v) is 2.74. The van der Waals surface area contributed by atoms with Crippen LogP contribution in [0.3, 0.4) is 0 Å². The molecule has 0 aliphatic heterocycles. The molecular weight excluding hydrogens is 391 g/mol. The molecule has 1 aromatic heterocycles. The smallest absolute Gasteiger partial charge is 0.335 e. The molecule has 0 spiro atoms. The summed E-state index contributed by atoms with van der Waals surface area (Å²) in [6.45, 7) is 0. The SMILES string of the molecule is O=C(O)c1ccc(-c2ccc(/C=N/NC(=O)c3ccc(Cl)cc3Cl)o2)cc1. The lowest BCUT2D eigenvalue weighted by atomic mass is 10.1. The predicted octanol–water partition coefficient (Wildman–Crippen LogP) is 4.72. The molecule has 0 atom stereocenters. The first-order valence-corrected chi connectivity index (χ1v) is 8.41. The first-order chi connectivity index (χ1) is 12.9. The van der Waals surface area contributed by atoms with E-state index >= 15 is 0 Å². The third kappa shape index (κ3) is 4.55. The highest BCUT2D eigenvalue weighted by molar-refractivity contribution is 6.36. The van der Waals surface area contributed by atoms with Gasteiger partial charge in [0.2, 0.25) is 0 Å². The summed E-state index contributed by atoms with van der Waals surface area (Å²) in [5.41, 5.74) is 3.51. The number of hydrogen-bond donors (Lipinski definition) is 2. The number of hydrazone groups is 1. The number of nitrogens with one attached hydrogen (secondary N) is 1. The number of rotatable bonds is 5. The number of carbonyl (C=O) groups is 2. The molecule has 0 fully saturated rings. The van der Waals surface area contributed by atoms with E-state index in [9.17, 15) is 9.59 Å². The minimum atomic E-state index is -0.995. The Kier molecular flexibility index (Phi) is 5.59. The van der Waals surface area contributed by atoms with E-state index in [1.54, 1.807) is 30.3 Å². The Balaban J connectivity index is 1.66. The molecular formula is C19H12Cl2N2O4. The van der Waals surface area contributed by atoms with E-state index in [0.29, 0.717) is 16.5 Å². The van der Waals surface area contributed by atoms with Gasteiger partial charge in [-0.3, -0.25) is 4.79 Å². The van der Waals surface area contributed by atoms with Crippen LogP contribution in [0, 0.1) is 0 Å². The number of furan rings is 1. The van der Waals surface area contributed by atoms with Gasteiger partial charge in [-0.15, -0.1) is 0 Å². The third-order valence-corrected chi connectivity index (χ3v) is 4.12. The summed E-state index contributed by atoms with van der Waals surface area (Å²) >= 11 is 11.8. The minimum absolute atomic E-state index is 0.190. The van der Waals surface area contributed by atoms with E-state index in [1.165, 1.54) is 30.5 Å². The zero-order valence-corrected chi connectivity index (χ0v) is 15.2. The van der Waals surface area contributed by atoms with Crippen LogP contribution in [0.4, 0.5) is 0 Å². The molecule has 1 heterocycles. The van der Waals surface area contributed by atoms with Crippen molar-refractivity contribution in [1.82, 2.24) is 5.43 Å². The second-order valence-corrected chi connectivity index (χ2v) is 6.25. The van der Waals surface area contributed by atoms with Gasteiger partial charge >= 0.3 is 5.97 Å². The number of nitrogens with zero attached hydrogens (tertiary/aromatic N) is 1. The van der Waals surface area contributed by atoms with Crippen LogP contribution >= 0.6 is 23.2 Å². The van der Waals surface area contributed by atoms with Crippen LogP contribution in [0.5, 0.6) is 0 Å². The van der Waals surface area contributed by atoms with Crippen molar-refractivity contribution in [2.75, 3.05) is 0 Å². The number of aromatic carboxylic acids is 1. The van der Waals surface area contributed by atoms with Crippen molar-refractivity contribution < 1.29 is 19.1 Å². The Morgan fingerprint density at radius 1 is 1.04 bits per heavy atom. The number of benzene rings is 2. The summed E-state index contributed by atoms with van der Waals surface area (Å²) in [6.07, 6.45) is 1.34. The molecule has 0 aliphatic carbocycles. The van der Waals surface area contributed by atoms with Gasteiger partial charge in [0.05, 0.1) is 22.4 Å².